The monoisotopic (exact) mass is 274 g/mol. The van der Waals surface area contributed by atoms with Crippen molar-refractivity contribution in [3.8, 4) is 0 Å². The average molecular weight is 274 g/mol. The summed E-state index contributed by atoms with van der Waals surface area (Å²) in [4.78, 5) is 9.39. The maximum atomic E-state index is 4.27. The average Bonchev–Trinajstić information content (AvgIpc) is 2.50. The van der Waals surface area contributed by atoms with Crippen LogP contribution in [0.15, 0.2) is 18.5 Å². The number of aryl methyl sites for hydroxylation is 1. The lowest BCUT2D eigenvalue weighted by Crippen LogP contribution is -2.49. The van der Waals surface area contributed by atoms with Crippen LogP contribution in [0.4, 0.5) is 5.69 Å². The van der Waals surface area contributed by atoms with Gasteiger partial charge in [0.05, 0.1) is 11.9 Å². The molecule has 2 fully saturated rings. The van der Waals surface area contributed by atoms with Crippen LogP contribution >= 0.6 is 0 Å². The molecular formula is C16H26N4. The van der Waals surface area contributed by atoms with Crippen LogP contribution in [0.1, 0.15) is 18.4 Å². The lowest BCUT2D eigenvalue weighted by molar-refractivity contribution is 0.199. The van der Waals surface area contributed by atoms with Gasteiger partial charge in [0.25, 0.3) is 0 Å². The van der Waals surface area contributed by atoms with Crippen LogP contribution in [0.5, 0.6) is 0 Å². The zero-order valence-electron chi connectivity index (χ0n) is 12.5. The number of piperazine rings is 1. The summed E-state index contributed by atoms with van der Waals surface area (Å²) < 4.78 is 0. The first-order valence-corrected chi connectivity index (χ1v) is 7.91. The Kier molecular flexibility index (Phi) is 4.53. The Morgan fingerprint density at radius 2 is 2.15 bits per heavy atom. The number of anilines is 1. The first kappa shape index (κ1) is 13.8. The van der Waals surface area contributed by atoms with Crippen molar-refractivity contribution in [2.75, 3.05) is 50.7 Å². The Labute approximate surface area is 122 Å². The van der Waals surface area contributed by atoms with Crippen molar-refractivity contribution in [2.45, 2.75) is 19.8 Å². The quantitative estimate of drug-likeness (QED) is 0.905. The molecule has 0 radical (unpaired) electrons. The Morgan fingerprint density at radius 1 is 1.30 bits per heavy atom. The number of aromatic nitrogens is 1. The topological polar surface area (TPSA) is 31.4 Å². The summed E-state index contributed by atoms with van der Waals surface area (Å²) in [5, 5.41) is 3.52. The van der Waals surface area contributed by atoms with E-state index in [1.165, 1.54) is 56.8 Å². The third kappa shape index (κ3) is 3.30. The van der Waals surface area contributed by atoms with Gasteiger partial charge in [0.2, 0.25) is 0 Å². The van der Waals surface area contributed by atoms with Gasteiger partial charge in [-0.15, -0.1) is 0 Å². The van der Waals surface area contributed by atoms with Gasteiger partial charge in [-0.2, -0.15) is 0 Å². The molecule has 3 rings (SSSR count). The van der Waals surface area contributed by atoms with E-state index in [2.05, 4.69) is 33.1 Å². The van der Waals surface area contributed by atoms with E-state index in [1.54, 1.807) is 0 Å². The summed E-state index contributed by atoms with van der Waals surface area (Å²) in [5.41, 5.74) is 2.65. The molecule has 2 saturated heterocycles. The molecule has 2 aliphatic heterocycles. The normalized spacial score (nSPS) is 24.9. The summed E-state index contributed by atoms with van der Waals surface area (Å²) in [6, 6.07) is 2.11. The summed E-state index contributed by atoms with van der Waals surface area (Å²) >= 11 is 0. The molecule has 2 aliphatic rings. The standard InChI is InChI=1S/C16H26N4/c1-14-4-6-18-12-16(14)20-9-7-19(8-10-20)13-15-3-2-5-17-11-15/h4,6,12,15,17H,2-3,5,7-11,13H2,1H3. The van der Waals surface area contributed by atoms with Gasteiger partial charge >= 0.3 is 0 Å². The molecule has 1 N–H and O–H groups in total. The largest absolute Gasteiger partial charge is 0.368 e. The number of nitrogens with one attached hydrogen (secondary N) is 1. The highest BCUT2D eigenvalue weighted by molar-refractivity contribution is 5.51. The number of piperidine rings is 1. The van der Waals surface area contributed by atoms with Gasteiger partial charge in [-0.3, -0.25) is 9.88 Å². The van der Waals surface area contributed by atoms with Crippen molar-refractivity contribution >= 4 is 5.69 Å². The van der Waals surface area contributed by atoms with Gasteiger partial charge in [-0.05, 0) is 50.4 Å². The summed E-state index contributed by atoms with van der Waals surface area (Å²) in [6.07, 6.45) is 6.63. The van der Waals surface area contributed by atoms with Crippen LogP contribution in [0.3, 0.4) is 0 Å². The molecule has 0 aromatic carbocycles. The molecule has 0 bridgehead atoms. The lowest BCUT2D eigenvalue weighted by atomic mass is 9.99. The second-order valence-electron chi connectivity index (χ2n) is 6.16. The van der Waals surface area contributed by atoms with Crippen LogP contribution in [0.25, 0.3) is 0 Å². The van der Waals surface area contributed by atoms with Crippen LogP contribution in [0, 0.1) is 12.8 Å². The van der Waals surface area contributed by atoms with Crippen molar-refractivity contribution in [3.05, 3.63) is 24.0 Å². The molecule has 0 amide bonds. The Morgan fingerprint density at radius 3 is 2.85 bits per heavy atom. The Balaban J connectivity index is 1.50. The molecule has 110 valence electrons. The maximum absolute atomic E-state index is 4.27. The highest BCUT2D eigenvalue weighted by atomic mass is 15.3. The van der Waals surface area contributed by atoms with E-state index in [-0.39, 0.29) is 0 Å². The molecule has 0 saturated carbocycles. The molecule has 20 heavy (non-hydrogen) atoms. The molecule has 4 heteroatoms. The summed E-state index contributed by atoms with van der Waals surface area (Å²) in [7, 11) is 0. The van der Waals surface area contributed by atoms with E-state index >= 15 is 0 Å². The van der Waals surface area contributed by atoms with E-state index in [0.29, 0.717) is 0 Å². The third-order valence-electron chi connectivity index (χ3n) is 4.64. The van der Waals surface area contributed by atoms with Crippen LogP contribution in [-0.2, 0) is 0 Å². The van der Waals surface area contributed by atoms with E-state index in [4.69, 9.17) is 0 Å². The van der Waals surface area contributed by atoms with Crippen molar-refractivity contribution in [3.63, 3.8) is 0 Å². The molecule has 1 unspecified atom stereocenters. The van der Waals surface area contributed by atoms with Crippen molar-refractivity contribution in [1.29, 1.82) is 0 Å². The fourth-order valence-corrected chi connectivity index (χ4v) is 3.40. The molecule has 0 spiro atoms. The van der Waals surface area contributed by atoms with Gasteiger partial charge in [0, 0.05) is 38.9 Å². The van der Waals surface area contributed by atoms with E-state index in [9.17, 15) is 0 Å². The molecular weight excluding hydrogens is 248 g/mol. The molecule has 1 aromatic rings. The number of nitrogens with zero attached hydrogens (tertiary/aromatic N) is 3. The van der Waals surface area contributed by atoms with E-state index in [0.717, 1.165) is 19.0 Å². The van der Waals surface area contributed by atoms with Crippen LogP contribution < -0.4 is 10.2 Å². The molecule has 4 nitrogen and oxygen atoms in total. The second kappa shape index (κ2) is 6.55. The summed E-state index contributed by atoms with van der Waals surface area (Å²) in [6.45, 7) is 10.5. The van der Waals surface area contributed by atoms with Crippen LogP contribution in [-0.4, -0.2) is 55.7 Å². The Hall–Kier alpha value is -1.13. The predicted octanol–water partition coefficient (Wildman–Crippen LogP) is 1.51. The van der Waals surface area contributed by atoms with Crippen LogP contribution in [0.2, 0.25) is 0 Å². The fourth-order valence-electron chi connectivity index (χ4n) is 3.40. The van der Waals surface area contributed by atoms with Gasteiger partial charge < -0.3 is 10.2 Å². The zero-order valence-corrected chi connectivity index (χ0v) is 12.5. The predicted molar refractivity (Wildman–Crippen MR) is 83.2 cm³/mol. The molecule has 3 heterocycles. The van der Waals surface area contributed by atoms with Crippen molar-refractivity contribution in [2.24, 2.45) is 5.92 Å². The first-order valence-electron chi connectivity index (χ1n) is 7.91. The van der Waals surface area contributed by atoms with E-state index < -0.39 is 0 Å². The minimum absolute atomic E-state index is 0.857. The van der Waals surface area contributed by atoms with Gasteiger partial charge in [0.1, 0.15) is 0 Å². The number of hydrogen-bond acceptors (Lipinski definition) is 4. The molecule has 0 aliphatic carbocycles. The van der Waals surface area contributed by atoms with Gasteiger partial charge in [-0.1, -0.05) is 0 Å². The lowest BCUT2D eigenvalue weighted by Gasteiger charge is -2.38. The number of pyridine rings is 1. The number of rotatable bonds is 3. The zero-order chi connectivity index (χ0) is 13.8. The molecule has 1 atom stereocenters. The van der Waals surface area contributed by atoms with Gasteiger partial charge in [0.15, 0.2) is 0 Å². The minimum Gasteiger partial charge on any atom is -0.368 e. The highest BCUT2D eigenvalue weighted by Crippen LogP contribution is 2.20. The van der Waals surface area contributed by atoms with Gasteiger partial charge in [-0.25, -0.2) is 0 Å². The maximum Gasteiger partial charge on any atom is 0.0583 e. The molecule has 1 aromatic heterocycles. The smallest absolute Gasteiger partial charge is 0.0583 e. The Bertz CT molecular complexity index is 420. The van der Waals surface area contributed by atoms with Crippen molar-refractivity contribution in [1.82, 2.24) is 15.2 Å². The SMILES string of the molecule is Cc1ccncc1N1CCN(CC2CCCNC2)CC1. The second-order valence-corrected chi connectivity index (χ2v) is 6.16. The fraction of sp³-hybridized carbons (Fsp3) is 0.688. The van der Waals surface area contributed by atoms with Crippen molar-refractivity contribution < 1.29 is 0 Å². The van der Waals surface area contributed by atoms with E-state index in [1.807, 2.05) is 12.4 Å². The number of hydrogen-bond donors (Lipinski definition) is 1. The third-order valence-corrected chi connectivity index (χ3v) is 4.64. The highest BCUT2D eigenvalue weighted by Gasteiger charge is 2.22. The summed E-state index contributed by atoms with van der Waals surface area (Å²) in [5.74, 6) is 0.857. The first-order chi connectivity index (χ1) is 9.83. The minimum atomic E-state index is 0.857.